The van der Waals surface area contributed by atoms with Crippen LogP contribution in [0.2, 0.25) is 0 Å². The minimum atomic E-state index is -0.430. The molecule has 2 heterocycles. The molecular weight excluding hydrogens is 478 g/mol. The number of thioether (sulfide) groups is 1. The third-order valence-corrected chi connectivity index (χ3v) is 6.33. The zero-order valence-corrected chi connectivity index (χ0v) is 21.6. The first-order valence-corrected chi connectivity index (χ1v) is 12.6. The number of benzene rings is 2. The van der Waals surface area contributed by atoms with Crippen LogP contribution in [0.5, 0.6) is 11.5 Å². The highest BCUT2D eigenvalue weighted by molar-refractivity contribution is 8.16. The van der Waals surface area contributed by atoms with E-state index < -0.39 is 12.0 Å². The Hall–Kier alpha value is -3.72. The molecule has 0 saturated carbocycles. The van der Waals surface area contributed by atoms with Gasteiger partial charge in [0.2, 0.25) is 0 Å². The quantitative estimate of drug-likeness (QED) is 0.468. The predicted molar refractivity (Wildman–Crippen MR) is 141 cm³/mol. The Morgan fingerprint density at radius 2 is 1.89 bits per heavy atom. The van der Waals surface area contributed by atoms with Crippen LogP contribution in [0, 0.1) is 6.92 Å². The first kappa shape index (κ1) is 25.4. The molecule has 2 aliphatic heterocycles. The number of allylic oxidation sites excluding steroid dienone is 1. The SMILES string of the molecule is CCOC(=O)C1=C(C)N=C2SC=CN2[C@@H]1c1ccc(OCC(=O)Nc2cccc(C)c2)c(OCC)c1. The highest BCUT2D eigenvalue weighted by atomic mass is 32.2. The molecule has 0 aromatic heterocycles. The lowest BCUT2D eigenvalue weighted by atomic mass is 9.94. The number of fused-ring (bicyclic) bond motifs is 1. The van der Waals surface area contributed by atoms with E-state index >= 15 is 0 Å². The summed E-state index contributed by atoms with van der Waals surface area (Å²) < 4.78 is 17.0. The van der Waals surface area contributed by atoms with Crippen molar-refractivity contribution in [2.45, 2.75) is 33.7 Å². The molecule has 0 saturated heterocycles. The Kier molecular flexibility index (Phi) is 8.00. The molecule has 1 amide bonds. The number of anilines is 1. The molecule has 8 nitrogen and oxygen atoms in total. The minimum absolute atomic E-state index is 0.174. The summed E-state index contributed by atoms with van der Waals surface area (Å²) in [5, 5.41) is 5.56. The molecule has 0 spiro atoms. The number of carbonyl (C=O) groups excluding carboxylic acids is 2. The molecule has 0 aliphatic carbocycles. The lowest BCUT2D eigenvalue weighted by molar-refractivity contribution is -0.139. The molecule has 1 atom stereocenters. The Bertz CT molecular complexity index is 1250. The Morgan fingerprint density at radius 1 is 1.06 bits per heavy atom. The van der Waals surface area contributed by atoms with Crippen molar-refractivity contribution in [1.29, 1.82) is 0 Å². The Balaban J connectivity index is 1.58. The van der Waals surface area contributed by atoms with E-state index in [1.54, 1.807) is 13.0 Å². The van der Waals surface area contributed by atoms with Crippen LogP contribution in [0.15, 0.2) is 70.3 Å². The molecule has 9 heteroatoms. The molecule has 4 rings (SSSR count). The number of amidine groups is 1. The zero-order chi connectivity index (χ0) is 25.7. The fraction of sp³-hybridized carbons (Fsp3) is 0.296. The molecule has 188 valence electrons. The number of hydrogen-bond donors (Lipinski definition) is 1. The highest BCUT2D eigenvalue weighted by Gasteiger charge is 2.37. The lowest BCUT2D eigenvalue weighted by Gasteiger charge is -2.33. The number of nitrogens with zero attached hydrogens (tertiary/aromatic N) is 2. The summed E-state index contributed by atoms with van der Waals surface area (Å²) in [5.41, 5.74) is 3.67. The summed E-state index contributed by atoms with van der Waals surface area (Å²) in [5.74, 6) is 0.246. The molecule has 2 aliphatic rings. The van der Waals surface area contributed by atoms with Gasteiger partial charge in [-0.2, -0.15) is 0 Å². The summed E-state index contributed by atoms with van der Waals surface area (Å²) in [6, 6.07) is 12.6. The van der Waals surface area contributed by atoms with Crippen molar-refractivity contribution < 1.29 is 23.8 Å². The largest absolute Gasteiger partial charge is 0.490 e. The normalized spacial score (nSPS) is 16.4. The summed E-state index contributed by atoms with van der Waals surface area (Å²) in [7, 11) is 0. The molecule has 0 unspecified atom stereocenters. The summed E-state index contributed by atoms with van der Waals surface area (Å²) in [6.07, 6.45) is 1.90. The number of hydrogen-bond acceptors (Lipinski definition) is 8. The van der Waals surface area contributed by atoms with Crippen LogP contribution in [0.4, 0.5) is 5.69 Å². The van der Waals surface area contributed by atoms with Gasteiger partial charge in [-0.15, -0.1) is 0 Å². The lowest BCUT2D eigenvalue weighted by Crippen LogP contribution is -2.34. The Morgan fingerprint density at radius 3 is 2.64 bits per heavy atom. The van der Waals surface area contributed by atoms with Crippen molar-refractivity contribution in [2.75, 3.05) is 25.1 Å². The number of nitrogens with one attached hydrogen (secondary N) is 1. The molecule has 0 fully saturated rings. The predicted octanol–water partition coefficient (Wildman–Crippen LogP) is 5.18. The van der Waals surface area contributed by atoms with Gasteiger partial charge in [-0.1, -0.05) is 30.0 Å². The van der Waals surface area contributed by atoms with E-state index in [0.29, 0.717) is 35.1 Å². The van der Waals surface area contributed by atoms with Gasteiger partial charge < -0.3 is 24.4 Å². The maximum atomic E-state index is 12.9. The smallest absolute Gasteiger partial charge is 0.338 e. The van der Waals surface area contributed by atoms with Gasteiger partial charge in [0.15, 0.2) is 23.3 Å². The molecule has 2 aromatic carbocycles. The minimum Gasteiger partial charge on any atom is -0.490 e. The van der Waals surface area contributed by atoms with Gasteiger partial charge in [-0.05, 0) is 68.5 Å². The average Bonchev–Trinajstić information content (AvgIpc) is 3.30. The molecule has 0 bridgehead atoms. The van der Waals surface area contributed by atoms with E-state index in [1.165, 1.54) is 11.8 Å². The van der Waals surface area contributed by atoms with E-state index in [1.807, 2.05) is 73.7 Å². The van der Waals surface area contributed by atoms with Crippen LogP contribution in [0.1, 0.15) is 37.9 Å². The second-order valence-electron chi connectivity index (χ2n) is 8.17. The van der Waals surface area contributed by atoms with Gasteiger partial charge in [0.1, 0.15) is 0 Å². The first-order chi connectivity index (χ1) is 17.4. The number of aryl methyl sites for hydroxylation is 1. The van der Waals surface area contributed by atoms with E-state index in [0.717, 1.165) is 16.3 Å². The summed E-state index contributed by atoms with van der Waals surface area (Å²) in [4.78, 5) is 31.9. The fourth-order valence-corrected chi connectivity index (χ4v) is 4.83. The molecule has 1 N–H and O–H groups in total. The zero-order valence-electron chi connectivity index (χ0n) is 20.7. The van der Waals surface area contributed by atoms with E-state index in [4.69, 9.17) is 14.2 Å². The van der Waals surface area contributed by atoms with Crippen LogP contribution < -0.4 is 14.8 Å². The second kappa shape index (κ2) is 11.3. The number of rotatable bonds is 9. The molecular formula is C27H29N3O5S. The van der Waals surface area contributed by atoms with Gasteiger partial charge in [-0.3, -0.25) is 4.79 Å². The third-order valence-electron chi connectivity index (χ3n) is 5.56. The van der Waals surface area contributed by atoms with Gasteiger partial charge >= 0.3 is 5.97 Å². The van der Waals surface area contributed by atoms with Gasteiger partial charge in [0.25, 0.3) is 5.91 Å². The number of esters is 1. The van der Waals surface area contributed by atoms with Crippen LogP contribution >= 0.6 is 11.8 Å². The van der Waals surface area contributed by atoms with Crippen molar-refractivity contribution in [3.05, 3.63) is 76.5 Å². The monoisotopic (exact) mass is 507 g/mol. The van der Waals surface area contributed by atoms with Crippen LogP contribution in [-0.4, -0.2) is 41.8 Å². The highest BCUT2D eigenvalue weighted by Crippen LogP contribution is 2.43. The summed E-state index contributed by atoms with van der Waals surface area (Å²) >= 11 is 1.49. The topological polar surface area (TPSA) is 89.5 Å². The third kappa shape index (κ3) is 5.57. The van der Waals surface area contributed by atoms with E-state index in [-0.39, 0.29) is 19.1 Å². The molecule has 2 aromatic rings. The fourth-order valence-electron chi connectivity index (χ4n) is 4.04. The van der Waals surface area contributed by atoms with E-state index in [2.05, 4.69) is 10.3 Å². The van der Waals surface area contributed by atoms with Crippen molar-refractivity contribution in [3.63, 3.8) is 0 Å². The number of amides is 1. The van der Waals surface area contributed by atoms with E-state index in [9.17, 15) is 9.59 Å². The van der Waals surface area contributed by atoms with Crippen molar-refractivity contribution >= 4 is 34.5 Å². The molecule has 0 radical (unpaired) electrons. The number of ether oxygens (including phenoxy) is 3. The van der Waals surface area contributed by atoms with Crippen molar-refractivity contribution in [1.82, 2.24) is 4.90 Å². The average molecular weight is 508 g/mol. The van der Waals surface area contributed by atoms with Crippen LogP contribution in [0.3, 0.4) is 0 Å². The van der Waals surface area contributed by atoms with Crippen LogP contribution in [-0.2, 0) is 14.3 Å². The maximum Gasteiger partial charge on any atom is 0.338 e. The van der Waals surface area contributed by atoms with Gasteiger partial charge in [0, 0.05) is 11.9 Å². The van der Waals surface area contributed by atoms with Crippen LogP contribution in [0.25, 0.3) is 0 Å². The van der Waals surface area contributed by atoms with Crippen molar-refractivity contribution in [2.24, 2.45) is 4.99 Å². The number of aliphatic imine (C=N–C) groups is 1. The number of carbonyl (C=O) groups is 2. The standard InChI is InChI=1S/C27H29N3O5S/c1-5-33-22-15-19(10-11-21(22)35-16-23(31)29-20-9-7-8-17(3)14-20)25-24(26(32)34-6-2)18(4)28-27-30(25)12-13-36-27/h7-15,25H,5-6,16H2,1-4H3,(H,29,31)/t25-/m1/s1. The van der Waals surface area contributed by atoms with Gasteiger partial charge in [-0.25, -0.2) is 9.79 Å². The van der Waals surface area contributed by atoms with Gasteiger partial charge in [0.05, 0.1) is 30.5 Å². The summed E-state index contributed by atoms with van der Waals surface area (Å²) in [6.45, 7) is 7.93. The molecule has 36 heavy (non-hydrogen) atoms. The first-order valence-electron chi connectivity index (χ1n) is 11.8. The van der Waals surface area contributed by atoms with Crippen molar-refractivity contribution in [3.8, 4) is 11.5 Å². The second-order valence-corrected chi connectivity index (χ2v) is 9.05. The Labute approximate surface area is 215 Å². The maximum absolute atomic E-state index is 12.9.